The molecule has 5 nitrogen and oxygen atoms in total. The van der Waals surface area contributed by atoms with Gasteiger partial charge in [0.25, 0.3) is 5.56 Å². The van der Waals surface area contributed by atoms with E-state index in [1.165, 1.54) is 0 Å². The third-order valence-corrected chi connectivity index (χ3v) is 3.06. The minimum Gasteiger partial charge on any atom is -0.385 e. The lowest BCUT2D eigenvalue weighted by Crippen LogP contribution is -2.34. The predicted molar refractivity (Wildman–Crippen MR) is 65.0 cm³/mol. The molecule has 0 aromatic carbocycles. The van der Waals surface area contributed by atoms with Crippen molar-refractivity contribution < 1.29 is 4.74 Å². The van der Waals surface area contributed by atoms with E-state index in [1.54, 1.807) is 18.0 Å². The average molecular weight is 237 g/mol. The first-order valence-electron chi connectivity index (χ1n) is 6.10. The summed E-state index contributed by atoms with van der Waals surface area (Å²) in [5.74, 6) is 0. The molecule has 1 aliphatic heterocycles. The molecule has 0 amide bonds. The molecule has 2 heterocycles. The second-order valence-electron chi connectivity index (χ2n) is 4.30. The maximum absolute atomic E-state index is 12.1. The van der Waals surface area contributed by atoms with E-state index in [9.17, 15) is 4.79 Å². The largest absolute Gasteiger partial charge is 0.385 e. The Balaban J connectivity index is 2.05. The van der Waals surface area contributed by atoms with Gasteiger partial charge in [0, 0.05) is 32.4 Å². The highest BCUT2D eigenvalue weighted by molar-refractivity contribution is 5.19. The molecule has 0 aliphatic carbocycles. The Labute approximate surface area is 101 Å². The zero-order valence-corrected chi connectivity index (χ0v) is 10.2. The number of hydrogen-bond donors (Lipinski definition) is 1. The van der Waals surface area contributed by atoms with Crippen molar-refractivity contribution in [3.63, 3.8) is 0 Å². The van der Waals surface area contributed by atoms with E-state index in [2.05, 4.69) is 10.3 Å². The van der Waals surface area contributed by atoms with E-state index >= 15 is 0 Å². The van der Waals surface area contributed by atoms with Gasteiger partial charge >= 0.3 is 0 Å². The van der Waals surface area contributed by atoms with Gasteiger partial charge in [0.2, 0.25) is 0 Å². The summed E-state index contributed by atoms with van der Waals surface area (Å²) in [6, 6.07) is 0. The number of rotatable bonds is 5. The molecule has 5 heteroatoms. The fraction of sp³-hybridized carbons (Fsp3) is 0.667. The molecule has 1 aliphatic rings. The van der Waals surface area contributed by atoms with E-state index < -0.39 is 0 Å². The van der Waals surface area contributed by atoms with Crippen LogP contribution in [-0.2, 0) is 24.2 Å². The number of fused-ring (bicyclic) bond motifs is 1. The first kappa shape index (κ1) is 12.3. The predicted octanol–water partition coefficient (Wildman–Crippen LogP) is 0.316. The monoisotopic (exact) mass is 237 g/mol. The summed E-state index contributed by atoms with van der Waals surface area (Å²) in [5.41, 5.74) is 1.93. The molecule has 2 rings (SSSR count). The van der Waals surface area contributed by atoms with Crippen molar-refractivity contribution in [1.82, 2.24) is 14.9 Å². The Kier molecular flexibility index (Phi) is 4.28. The lowest BCUT2D eigenvalue weighted by molar-refractivity contribution is 0.191. The highest BCUT2D eigenvalue weighted by Crippen LogP contribution is 2.05. The van der Waals surface area contributed by atoms with Crippen LogP contribution in [0.1, 0.15) is 24.1 Å². The first-order chi connectivity index (χ1) is 8.33. The summed E-state index contributed by atoms with van der Waals surface area (Å²) in [4.78, 5) is 16.5. The molecule has 0 fully saturated rings. The maximum atomic E-state index is 12.1. The number of nitrogens with zero attached hydrogens (tertiary/aromatic N) is 2. The molecule has 1 aromatic rings. The van der Waals surface area contributed by atoms with Crippen LogP contribution < -0.4 is 10.9 Å². The number of nitrogens with one attached hydrogen (secondary N) is 1. The topological polar surface area (TPSA) is 56.2 Å². The Bertz CT molecular complexity index is 428. The van der Waals surface area contributed by atoms with Gasteiger partial charge in [-0.25, -0.2) is 4.98 Å². The second-order valence-corrected chi connectivity index (χ2v) is 4.30. The molecule has 17 heavy (non-hydrogen) atoms. The van der Waals surface area contributed by atoms with Gasteiger partial charge in [0.15, 0.2) is 0 Å². The van der Waals surface area contributed by atoms with Crippen LogP contribution in [0.15, 0.2) is 11.1 Å². The van der Waals surface area contributed by atoms with Crippen molar-refractivity contribution in [2.45, 2.75) is 32.4 Å². The summed E-state index contributed by atoms with van der Waals surface area (Å²) in [7, 11) is 1.69. The number of hydrogen-bond acceptors (Lipinski definition) is 4. The summed E-state index contributed by atoms with van der Waals surface area (Å²) >= 11 is 0. The van der Waals surface area contributed by atoms with Crippen molar-refractivity contribution in [2.24, 2.45) is 0 Å². The number of unbranched alkanes of at least 4 members (excludes halogenated alkanes) is 1. The summed E-state index contributed by atoms with van der Waals surface area (Å²) < 4.78 is 6.71. The molecule has 0 radical (unpaired) electrons. The normalized spacial score (nSPS) is 14.6. The van der Waals surface area contributed by atoms with Crippen LogP contribution in [0.25, 0.3) is 0 Å². The molecule has 94 valence electrons. The fourth-order valence-corrected chi connectivity index (χ4v) is 2.08. The molecule has 0 atom stereocenters. The summed E-state index contributed by atoms with van der Waals surface area (Å²) in [6.07, 6.45) is 4.38. The summed E-state index contributed by atoms with van der Waals surface area (Å²) in [6.45, 7) is 3.07. The molecule has 0 spiro atoms. The Morgan fingerprint density at radius 3 is 3.24 bits per heavy atom. The van der Waals surface area contributed by atoms with Crippen molar-refractivity contribution in [3.05, 3.63) is 27.9 Å². The highest BCUT2D eigenvalue weighted by Gasteiger charge is 2.14. The standard InChI is InChI=1S/C12H19N3O2/c1-17-7-3-2-6-15-9-14-11-8-13-5-4-10(11)12(15)16/h9,13H,2-8H2,1H3. The Morgan fingerprint density at radius 2 is 2.41 bits per heavy atom. The van der Waals surface area contributed by atoms with Crippen LogP contribution in [-0.4, -0.2) is 29.8 Å². The van der Waals surface area contributed by atoms with Crippen LogP contribution in [0.4, 0.5) is 0 Å². The van der Waals surface area contributed by atoms with E-state index in [1.807, 2.05) is 0 Å². The van der Waals surface area contributed by atoms with E-state index in [-0.39, 0.29) is 5.56 Å². The van der Waals surface area contributed by atoms with Gasteiger partial charge in [-0.3, -0.25) is 9.36 Å². The van der Waals surface area contributed by atoms with Crippen molar-refractivity contribution in [3.8, 4) is 0 Å². The van der Waals surface area contributed by atoms with Gasteiger partial charge in [-0.2, -0.15) is 0 Å². The molecule has 1 N–H and O–H groups in total. The SMILES string of the molecule is COCCCCn1cnc2c(c1=O)CCNC2. The smallest absolute Gasteiger partial charge is 0.256 e. The van der Waals surface area contributed by atoms with E-state index in [0.717, 1.165) is 56.8 Å². The lowest BCUT2D eigenvalue weighted by Gasteiger charge is -2.16. The van der Waals surface area contributed by atoms with Crippen molar-refractivity contribution >= 4 is 0 Å². The average Bonchev–Trinajstić information content (AvgIpc) is 2.37. The van der Waals surface area contributed by atoms with Gasteiger partial charge in [-0.05, 0) is 25.8 Å². The molecule has 1 aromatic heterocycles. The van der Waals surface area contributed by atoms with Gasteiger partial charge < -0.3 is 10.1 Å². The third-order valence-electron chi connectivity index (χ3n) is 3.06. The number of methoxy groups -OCH3 is 1. The van der Waals surface area contributed by atoms with Gasteiger partial charge in [-0.1, -0.05) is 0 Å². The van der Waals surface area contributed by atoms with Gasteiger partial charge in [-0.15, -0.1) is 0 Å². The van der Waals surface area contributed by atoms with E-state index in [0.29, 0.717) is 0 Å². The second kappa shape index (κ2) is 5.93. The fourth-order valence-electron chi connectivity index (χ4n) is 2.08. The molecular formula is C12H19N3O2. The third kappa shape index (κ3) is 2.92. The minimum absolute atomic E-state index is 0.133. The summed E-state index contributed by atoms with van der Waals surface area (Å²) in [5, 5.41) is 3.22. The van der Waals surface area contributed by atoms with E-state index in [4.69, 9.17) is 4.74 Å². The molecule has 0 bridgehead atoms. The van der Waals surface area contributed by atoms with Gasteiger partial charge in [0.1, 0.15) is 0 Å². The molecule has 0 saturated carbocycles. The van der Waals surface area contributed by atoms with Crippen LogP contribution in [0.3, 0.4) is 0 Å². The van der Waals surface area contributed by atoms with Crippen LogP contribution in [0.5, 0.6) is 0 Å². The van der Waals surface area contributed by atoms with Crippen LogP contribution in [0.2, 0.25) is 0 Å². The van der Waals surface area contributed by atoms with Crippen molar-refractivity contribution in [1.29, 1.82) is 0 Å². The quantitative estimate of drug-likeness (QED) is 0.749. The first-order valence-corrected chi connectivity index (χ1v) is 6.10. The van der Waals surface area contributed by atoms with Crippen LogP contribution in [0, 0.1) is 0 Å². The Morgan fingerprint density at radius 1 is 1.53 bits per heavy atom. The molecule has 0 unspecified atom stereocenters. The van der Waals surface area contributed by atoms with Crippen molar-refractivity contribution in [2.75, 3.05) is 20.3 Å². The Hall–Kier alpha value is -1.20. The number of aryl methyl sites for hydroxylation is 1. The lowest BCUT2D eigenvalue weighted by atomic mass is 10.1. The zero-order valence-electron chi connectivity index (χ0n) is 10.2. The maximum Gasteiger partial charge on any atom is 0.256 e. The number of aromatic nitrogens is 2. The van der Waals surface area contributed by atoms with Gasteiger partial charge in [0.05, 0.1) is 12.0 Å². The minimum atomic E-state index is 0.133. The molecular weight excluding hydrogens is 218 g/mol. The highest BCUT2D eigenvalue weighted by atomic mass is 16.5. The molecule has 0 saturated heterocycles. The van der Waals surface area contributed by atoms with Crippen LogP contribution >= 0.6 is 0 Å². The zero-order chi connectivity index (χ0) is 12.1. The number of ether oxygens (including phenoxy) is 1.